The van der Waals surface area contributed by atoms with Gasteiger partial charge in [0.2, 0.25) is 0 Å². The third-order valence-corrected chi connectivity index (χ3v) is 10.9. The Balaban J connectivity index is 1.37. The lowest BCUT2D eigenvalue weighted by Crippen LogP contribution is -2.58. The Kier molecular flexibility index (Phi) is 9.38. The van der Waals surface area contributed by atoms with Gasteiger partial charge in [-0.25, -0.2) is 14.4 Å². The second kappa shape index (κ2) is 12.4. The molecular weight excluding hydrogens is 635 g/mol. The van der Waals surface area contributed by atoms with Crippen LogP contribution in [0.15, 0.2) is 12.3 Å². The van der Waals surface area contributed by atoms with Crippen molar-refractivity contribution in [1.82, 2.24) is 23.8 Å². The number of aliphatic hydroxyl groups is 2. The summed E-state index contributed by atoms with van der Waals surface area (Å²) in [6.07, 6.45) is 0.182. The minimum absolute atomic E-state index is 0.123. The second-order valence-electron chi connectivity index (χ2n) is 10.8. The fraction of sp³-hybridized carbons (Fsp3) is 0.696. The zero-order valence-corrected chi connectivity index (χ0v) is 25.5. The van der Waals surface area contributed by atoms with Gasteiger partial charge in [0.1, 0.15) is 23.5 Å². The monoisotopic (exact) mass is 668 g/mol. The summed E-state index contributed by atoms with van der Waals surface area (Å²) in [5.74, 6) is -1.67. The van der Waals surface area contributed by atoms with Crippen LogP contribution in [0.3, 0.4) is 0 Å². The van der Waals surface area contributed by atoms with E-state index in [9.17, 15) is 37.8 Å². The van der Waals surface area contributed by atoms with Crippen molar-refractivity contribution in [2.45, 2.75) is 68.0 Å². The number of nitrogens with zero attached hydrogens (tertiary/aromatic N) is 4. The van der Waals surface area contributed by atoms with E-state index in [0.29, 0.717) is 17.5 Å². The largest absolute Gasteiger partial charge is 0.387 e. The SMILES string of the molecule is COC[C@](OC[C@H]1O[C@@H](n2ncc3c(NC4CCCC4)cc(Cl)nc32)[C@H](O)[C@@H]1O)(C(=O)NS(=O)(=O)N1CCC1)P(=O)(O)O. The number of methoxy groups -OCH3 is 1. The van der Waals surface area contributed by atoms with Crippen LogP contribution in [0.4, 0.5) is 5.69 Å². The Morgan fingerprint density at radius 2 is 1.93 bits per heavy atom. The Labute approximate surface area is 251 Å². The molecule has 20 heteroatoms. The third kappa shape index (κ3) is 6.28. The Morgan fingerprint density at radius 1 is 1.23 bits per heavy atom. The maximum absolute atomic E-state index is 13.1. The van der Waals surface area contributed by atoms with Gasteiger partial charge in [-0.2, -0.15) is 17.8 Å². The minimum Gasteiger partial charge on any atom is -0.387 e. The van der Waals surface area contributed by atoms with E-state index in [1.807, 2.05) is 0 Å². The first-order valence-electron chi connectivity index (χ1n) is 13.6. The number of hydrogen-bond acceptors (Lipinski definition) is 12. The van der Waals surface area contributed by atoms with Crippen LogP contribution < -0.4 is 10.0 Å². The van der Waals surface area contributed by atoms with E-state index in [-0.39, 0.29) is 29.9 Å². The van der Waals surface area contributed by atoms with E-state index in [4.69, 9.17) is 25.8 Å². The van der Waals surface area contributed by atoms with E-state index in [0.717, 1.165) is 37.1 Å². The van der Waals surface area contributed by atoms with Crippen molar-refractivity contribution >= 4 is 52.0 Å². The maximum Gasteiger partial charge on any atom is 0.369 e. The molecule has 17 nitrogen and oxygen atoms in total. The summed E-state index contributed by atoms with van der Waals surface area (Å²) in [5, 5.41) is 27.0. The van der Waals surface area contributed by atoms with Crippen molar-refractivity contribution < 1.29 is 52.0 Å². The molecule has 6 N–H and O–H groups in total. The number of rotatable bonds is 12. The highest BCUT2D eigenvalue weighted by atomic mass is 35.5. The van der Waals surface area contributed by atoms with Crippen LogP contribution in [0.1, 0.15) is 38.3 Å². The number of pyridine rings is 1. The number of amides is 1. The van der Waals surface area contributed by atoms with E-state index in [2.05, 4.69) is 15.4 Å². The molecule has 4 heterocycles. The van der Waals surface area contributed by atoms with Gasteiger partial charge in [0.15, 0.2) is 11.9 Å². The molecule has 0 radical (unpaired) electrons. The number of hydrogen-bond donors (Lipinski definition) is 6. The van der Waals surface area contributed by atoms with Crippen molar-refractivity contribution in [3.63, 3.8) is 0 Å². The number of nitrogens with one attached hydrogen (secondary N) is 2. The molecule has 0 spiro atoms. The molecule has 0 unspecified atom stereocenters. The van der Waals surface area contributed by atoms with Gasteiger partial charge in [-0.1, -0.05) is 24.4 Å². The number of carbonyl (C=O) groups excluding carboxylic acids is 1. The molecule has 0 bridgehead atoms. The molecule has 3 fully saturated rings. The van der Waals surface area contributed by atoms with E-state index in [1.54, 1.807) is 10.8 Å². The van der Waals surface area contributed by atoms with Crippen LogP contribution in [0, 0.1) is 0 Å². The number of ether oxygens (including phenoxy) is 3. The number of carbonyl (C=O) groups is 1. The highest BCUT2D eigenvalue weighted by molar-refractivity contribution is 7.87. The Morgan fingerprint density at radius 3 is 2.53 bits per heavy atom. The van der Waals surface area contributed by atoms with E-state index in [1.165, 1.54) is 10.9 Å². The van der Waals surface area contributed by atoms with Crippen LogP contribution in [0.2, 0.25) is 5.15 Å². The van der Waals surface area contributed by atoms with Gasteiger partial charge in [-0.15, -0.1) is 0 Å². The average molecular weight is 669 g/mol. The van der Waals surface area contributed by atoms with Crippen LogP contribution in [-0.4, -0.2) is 117 Å². The van der Waals surface area contributed by atoms with Crippen molar-refractivity contribution in [2.75, 3.05) is 38.7 Å². The lowest BCUT2D eigenvalue weighted by molar-refractivity contribution is -0.151. The van der Waals surface area contributed by atoms with Crippen molar-refractivity contribution in [2.24, 2.45) is 0 Å². The first-order valence-corrected chi connectivity index (χ1v) is 17.0. The van der Waals surface area contributed by atoms with Crippen LogP contribution in [0.25, 0.3) is 11.0 Å². The van der Waals surface area contributed by atoms with Crippen molar-refractivity contribution in [1.29, 1.82) is 0 Å². The molecule has 1 saturated carbocycles. The van der Waals surface area contributed by atoms with E-state index < -0.39 is 66.8 Å². The lowest BCUT2D eigenvalue weighted by Gasteiger charge is -2.35. The summed E-state index contributed by atoms with van der Waals surface area (Å²) in [7, 11) is -8.97. The number of aliphatic hydroxyl groups excluding tert-OH is 2. The molecule has 0 aromatic carbocycles. The molecule has 5 rings (SSSR count). The summed E-state index contributed by atoms with van der Waals surface area (Å²) in [6, 6.07) is 1.91. The smallest absolute Gasteiger partial charge is 0.369 e. The van der Waals surface area contributed by atoms with Crippen LogP contribution >= 0.6 is 19.2 Å². The average Bonchev–Trinajstić information content (AvgIpc) is 3.60. The predicted octanol–water partition coefficient (Wildman–Crippen LogP) is -0.338. The highest BCUT2D eigenvalue weighted by Gasteiger charge is 2.58. The normalized spacial score (nSPS) is 26.8. The summed E-state index contributed by atoms with van der Waals surface area (Å²) >= 11 is 6.28. The summed E-state index contributed by atoms with van der Waals surface area (Å²) in [4.78, 5) is 37.7. The zero-order valence-electron chi connectivity index (χ0n) is 23.1. The summed E-state index contributed by atoms with van der Waals surface area (Å²) in [5.41, 5.74) is 0.927. The number of halogens is 1. The quantitative estimate of drug-likeness (QED) is 0.125. The van der Waals surface area contributed by atoms with Gasteiger partial charge in [-0.3, -0.25) is 9.36 Å². The van der Waals surface area contributed by atoms with Gasteiger partial charge < -0.3 is 39.5 Å². The summed E-state index contributed by atoms with van der Waals surface area (Å²) in [6.45, 7) is -1.66. The second-order valence-corrected chi connectivity index (χ2v) is 14.6. The Bertz CT molecular complexity index is 1500. The minimum atomic E-state index is -5.59. The number of fused-ring (bicyclic) bond motifs is 1. The third-order valence-electron chi connectivity index (χ3n) is 7.86. The Hall–Kier alpha value is -1.96. The molecule has 2 aromatic rings. The molecular formula is C23H34ClN6O11PS. The fourth-order valence-electron chi connectivity index (χ4n) is 5.33. The first-order chi connectivity index (χ1) is 20.3. The first kappa shape index (κ1) is 32.4. The molecule has 240 valence electrons. The van der Waals surface area contributed by atoms with Gasteiger partial charge in [0, 0.05) is 26.2 Å². The fourth-order valence-corrected chi connectivity index (χ4v) is 7.72. The zero-order chi connectivity index (χ0) is 31.2. The molecule has 1 amide bonds. The molecule has 2 aromatic heterocycles. The highest BCUT2D eigenvalue weighted by Crippen LogP contribution is 2.52. The maximum atomic E-state index is 13.1. The molecule has 1 aliphatic carbocycles. The molecule has 3 aliphatic rings. The van der Waals surface area contributed by atoms with E-state index >= 15 is 0 Å². The summed E-state index contributed by atoms with van der Waals surface area (Å²) < 4.78 is 57.4. The van der Waals surface area contributed by atoms with Gasteiger partial charge in [-0.05, 0) is 25.3 Å². The van der Waals surface area contributed by atoms with Crippen LogP contribution in [0.5, 0.6) is 0 Å². The standard InChI is InChI=1S/C23H34ClN6O11PS/c1-39-12-23(42(34,35)36,22(33)28-43(37,38)29-7-4-8-29)40-11-16-18(31)19(32)21(41-16)30-20-14(10-25-30)15(9-17(24)27-20)26-13-5-2-3-6-13/h9-10,13,16,18-19,21,31-32H,2-8,11-12H2,1H3,(H,26,27)(H,28,33)(H2,34,35,36)/t16-,18-,19-,21-,23-/m1/s1. The molecule has 5 atom stereocenters. The molecule has 2 saturated heterocycles. The van der Waals surface area contributed by atoms with Gasteiger partial charge >= 0.3 is 17.8 Å². The molecule has 43 heavy (non-hydrogen) atoms. The molecule has 2 aliphatic heterocycles. The predicted molar refractivity (Wildman–Crippen MR) is 150 cm³/mol. The number of anilines is 1. The van der Waals surface area contributed by atoms with Gasteiger partial charge in [0.05, 0.1) is 30.5 Å². The lowest BCUT2D eigenvalue weighted by atomic mass is 10.1. The van der Waals surface area contributed by atoms with Crippen molar-refractivity contribution in [3.8, 4) is 0 Å². The number of aromatic nitrogens is 3. The van der Waals surface area contributed by atoms with Crippen LogP contribution in [-0.2, 0) is 33.8 Å². The van der Waals surface area contributed by atoms with Crippen molar-refractivity contribution in [3.05, 3.63) is 17.4 Å². The topological polar surface area (TPSA) is 235 Å². The van der Waals surface area contributed by atoms with Gasteiger partial charge in [0.25, 0.3) is 11.2 Å².